The van der Waals surface area contributed by atoms with Crippen LogP contribution < -0.4 is 4.90 Å². The van der Waals surface area contributed by atoms with Gasteiger partial charge in [-0.25, -0.2) is 9.07 Å². The minimum absolute atomic E-state index is 0.0283. The molecule has 1 aromatic carbocycles. The Hall–Kier alpha value is -3.20. The molecule has 0 N–H and O–H groups in total. The highest BCUT2D eigenvalue weighted by atomic mass is 19.1. The molecule has 1 unspecified atom stereocenters. The number of aromatic nitrogens is 5. The van der Waals surface area contributed by atoms with Gasteiger partial charge in [0.1, 0.15) is 5.82 Å². The summed E-state index contributed by atoms with van der Waals surface area (Å²) < 4.78 is 20.6. The molecule has 1 aliphatic rings. The highest BCUT2D eigenvalue weighted by molar-refractivity contribution is 6.04. The van der Waals surface area contributed by atoms with Gasteiger partial charge in [0.25, 0.3) is 5.91 Å². The molecule has 2 aromatic heterocycles. The van der Waals surface area contributed by atoms with E-state index in [4.69, 9.17) is 4.74 Å². The summed E-state index contributed by atoms with van der Waals surface area (Å²) in [7, 11) is 0. The SMILES string of the molecule is O=C(c1cn(Cc2cccc(F)c2)nn1)N(CC1CCCO1)c1ccnnc1. The fraction of sp³-hybridized carbons (Fsp3) is 0.316. The maximum atomic E-state index is 13.4. The van der Waals surface area contributed by atoms with Gasteiger partial charge in [-0.1, -0.05) is 17.3 Å². The molecule has 144 valence electrons. The van der Waals surface area contributed by atoms with Crippen molar-refractivity contribution in [2.45, 2.75) is 25.5 Å². The molecule has 3 heterocycles. The second kappa shape index (κ2) is 8.22. The molecule has 0 bridgehead atoms. The fourth-order valence-electron chi connectivity index (χ4n) is 3.18. The van der Waals surface area contributed by atoms with Gasteiger partial charge in [-0.15, -0.1) is 5.10 Å². The number of carbonyl (C=O) groups is 1. The number of nitrogens with zero attached hydrogens (tertiary/aromatic N) is 6. The average Bonchev–Trinajstić information content (AvgIpc) is 3.38. The van der Waals surface area contributed by atoms with Gasteiger partial charge in [0.15, 0.2) is 5.69 Å². The Morgan fingerprint density at radius 1 is 1.32 bits per heavy atom. The van der Waals surface area contributed by atoms with Gasteiger partial charge in [-0.05, 0) is 36.6 Å². The summed E-state index contributed by atoms with van der Waals surface area (Å²) in [6.45, 7) is 1.42. The smallest absolute Gasteiger partial charge is 0.280 e. The molecule has 0 spiro atoms. The van der Waals surface area contributed by atoms with Gasteiger partial charge in [-0.2, -0.15) is 10.2 Å². The molecule has 9 heteroatoms. The maximum Gasteiger partial charge on any atom is 0.280 e. The second-order valence-corrected chi connectivity index (χ2v) is 6.58. The third kappa shape index (κ3) is 4.20. The zero-order chi connectivity index (χ0) is 19.3. The molecule has 8 nitrogen and oxygen atoms in total. The first-order chi connectivity index (χ1) is 13.7. The predicted octanol–water partition coefficient (Wildman–Crippen LogP) is 2.08. The van der Waals surface area contributed by atoms with Crippen molar-refractivity contribution in [3.63, 3.8) is 0 Å². The molecule has 3 aromatic rings. The standard InChI is InChI=1S/C19H19FN6O2/c20-15-4-1-3-14(9-15)11-25-13-18(23-24-25)19(27)26(12-17-5-2-8-28-17)16-6-7-21-22-10-16/h1,3-4,6-7,9-10,13,17H,2,5,8,11-12H2. The number of hydrogen-bond acceptors (Lipinski definition) is 6. The molecule has 1 fully saturated rings. The lowest BCUT2D eigenvalue weighted by atomic mass is 10.2. The van der Waals surface area contributed by atoms with Gasteiger partial charge in [0, 0.05) is 6.61 Å². The quantitative estimate of drug-likeness (QED) is 0.649. The van der Waals surface area contributed by atoms with Crippen LogP contribution in [0.4, 0.5) is 10.1 Å². The molecule has 28 heavy (non-hydrogen) atoms. The zero-order valence-corrected chi connectivity index (χ0v) is 15.1. The molecule has 0 radical (unpaired) electrons. The molecule has 0 aliphatic carbocycles. The van der Waals surface area contributed by atoms with E-state index < -0.39 is 0 Å². The van der Waals surface area contributed by atoms with Crippen LogP contribution in [0.5, 0.6) is 0 Å². The van der Waals surface area contributed by atoms with E-state index in [2.05, 4.69) is 20.5 Å². The summed E-state index contributed by atoms with van der Waals surface area (Å²) in [5, 5.41) is 15.6. The lowest BCUT2D eigenvalue weighted by Crippen LogP contribution is -2.37. The Balaban J connectivity index is 1.54. The summed E-state index contributed by atoms with van der Waals surface area (Å²) >= 11 is 0. The van der Waals surface area contributed by atoms with Crippen LogP contribution in [0.1, 0.15) is 28.9 Å². The van der Waals surface area contributed by atoms with Crippen LogP contribution in [-0.4, -0.2) is 50.4 Å². The van der Waals surface area contributed by atoms with Crippen LogP contribution in [-0.2, 0) is 11.3 Å². The summed E-state index contributed by atoms with van der Waals surface area (Å²) in [5.74, 6) is -0.615. The Morgan fingerprint density at radius 3 is 3.00 bits per heavy atom. The molecule has 1 aliphatic heterocycles. The number of amides is 1. The summed E-state index contributed by atoms with van der Waals surface area (Å²) in [6, 6.07) is 7.95. The minimum atomic E-state index is -0.318. The fourth-order valence-corrected chi connectivity index (χ4v) is 3.18. The molecule has 1 atom stereocenters. The number of carbonyl (C=O) groups excluding carboxylic acids is 1. The topological polar surface area (TPSA) is 86.0 Å². The van der Waals surface area contributed by atoms with E-state index in [9.17, 15) is 9.18 Å². The van der Waals surface area contributed by atoms with Gasteiger partial charge >= 0.3 is 0 Å². The first-order valence-corrected chi connectivity index (χ1v) is 9.04. The van der Waals surface area contributed by atoms with E-state index in [-0.39, 0.29) is 23.5 Å². The van der Waals surface area contributed by atoms with Crippen molar-refractivity contribution < 1.29 is 13.9 Å². The number of anilines is 1. The molecular formula is C19H19FN6O2. The summed E-state index contributed by atoms with van der Waals surface area (Å²) in [4.78, 5) is 14.7. The Labute approximate surface area is 160 Å². The van der Waals surface area contributed by atoms with Crippen LogP contribution in [0.15, 0.2) is 48.9 Å². The second-order valence-electron chi connectivity index (χ2n) is 6.58. The third-order valence-electron chi connectivity index (χ3n) is 4.53. The highest BCUT2D eigenvalue weighted by Crippen LogP contribution is 2.20. The van der Waals surface area contributed by atoms with Gasteiger partial charge in [0.05, 0.1) is 43.5 Å². The van der Waals surface area contributed by atoms with Crippen molar-refractivity contribution in [3.8, 4) is 0 Å². The van der Waals surface area contributed by atoms with Gasteiger partial charge in [0.2, 0.25) is 0 Å². The zero-order valence-electron chi connectivity index (χ0n) is 15.1. The highest BCUT2D eigenvalue weighted by Gasteiger charge is 2.26. The van der Waals surface area contributed by atoms with Crippen LogP contribution in [0.25, 0.3) is 0 Å². The van der Waals surface area contributed by atoms with E-state index in [1.807, 2.05) is 0 Å². The summed E-state index contributed by atoms with van der Waals surface area (Å²) in [6.07, 6.45) is 6.47. The Kier molecular flexibility index (Phi) is 5.34. The Bertz CT molecular complexity index is 942. The van der Waals surface area contributed by atoms with E-state index in [1.54, 1.807) is 29.3 Å². The molecule has 1 saturated heterocycles. The molecule has 4 rings (SSSR count). The Morgan fingerprint density at radius 2 is 2.25 bits per heavy atom. The van der Waals surface area contributed by atoms with Crippen molar-refractivity contribution in [1.82, 2.24) is 25.2 Å². The molecular weight excluding hydrogens is 363 g/mol. The normalized spacial score (nSPS) is 16.2. The van der Waals surface area contributed by atoms with Crippen LogP contribution in [0.3, 0.4) is 0 Å². The van der Waals surface area contributed by atoms with E-state index in [0.29, 0.717) is 25.4 Å². The number of hydrogen-bond donors (Lipinski definition) is 0. The number of benzene rings is 1. The van der Waals surface area contributed by atoms with E-state index >= 15 is 0 Å². The van der Waals surface area contributed by atoms with Crippen LogP contribution in [0, 0.1) is 5.82 Å². The van der Waals surface area contributed by atoms with Crippen molar-refractivity contribution in [2.24, 2.45) is 0 Å². The van der Waals surface area contributed by atoms with Crippen LogP contribution >= 0.6 is 0 Å². The first-order valence-electron chi connectivity index (χ1n) is 9.04. The van der Waals surface area contributed by atoms with Crippen molar-refractivity contribution >= 4 is 11.6 Å². The third-order valence-corrected chi connectivity index (χ3v) is 4.53. The lowest BCUT2D eigenvalue weighted by Gasteiger charge is -2.24. The van der Waals surface area contributed by atoms with Gasteiger partial charge in [-0.3, -0.25) is 4.79 Å². The predicted molar refractivity (Wildman–Crippen MR) is 98.2 cm³/mol. The average molecular weight is 382 g/mol. The maximum absolute atomic E-state index is 13.4. The largest absolute Gasteiger partial charge is 0.376 e. The summed E-state index contributed by atoms with van der Waals surface area (Å²) in [5.41, 5.74) is 1.56. The van der Waals surface area contributed by atoms with E-state index in [1.165, 1.54) is 29.2 Å². The number of halogens is 1. The van der Waals surface area contributed by atoms with Crippen molar-refractivity contribution in [2.75, 3.05) is 18.1 Å². The molecule has 0 saturated carbocycles. The van der Waals surface area contributed by atoms with Crippen molar-refractivity contribution in [1.29, 1.82) is 0 Å². The monoisotopic (exact) mass is 382 g/mol. The van der Waals surface area contributed by atoms with Crippen molar-refractivity contribution in [3.05, 3.63) is 66.0 Å². The molecule has 1 amide bonds. The minimum Gasteiger partial charge on any atom is -0.376 e. The number of ether oxygens (including phenoxy) is 1. The van der Waals surface area contributed by atoms with Crippen LogP contribution in [0.2, 0.25) is 0 Å². The lowest BCUT2D eigenvalue weighted by molar-refractivity contribution is 0.0913. The van der Waals surface area contributed by atoms with E-state index in [0.717, 1.165) is 18.4 Å². The van der Waals surface area contributed by atoms with Gasteiger partial charge < -0.3 is 9.64 Å². The number of rotatable bonds is 6. The first kappa shape index (κ1) is 18.2.